The number of carbonyl (C=O) groups is 1. The van der Waals surface area contributed by atoms with Crippen molar-refractivity contribution in [2.75, 3.05) is 11.9 Å². The van der Waals surface area contributed by atoms with E-state index in [2.05, 4.69) is 24.6 Å². The van der Waals surface area contributed by atoms with Gasteiger partial charge in [-0.25, -0.2) is 9.80 Å². The van der Waals surface area contributed by atoms with E-state index in [1.54, 1.807) is 0 Å². The number of hydrogen-bond donors (Lipinski definition) is 2. The lowest BCUT2D eigenvalue weighted by Gasteiger charge is -2.38. The zero-order valence-electron chi connectivity index (χ0n) is 13.1. The van der Waals surface area contributed by atoms with E-state index in [-0.39, 0.29) is 6.03 Å². The van der Waals surface area contributed by atoms with Gasteiger partial charge in [0.05, 0.1) is 6.61 Å². The molecule has 21 heavy (non-hydrogen) atoms. The minimum atomic E-state index is -0.195. The summed E-state index contributed by atoms with van der Waals surface area (Å²) in [5.41, 5.74) is 3.72. The molecule has 1 saturated heterocycles. The molecule has 1 fully saturated rings. The van der Waals surface area contributed by atoms with Gasteiger partial charge in [-0.2, -0.15) is 0 Å². The summed E-state index contributed by atoms with van der Waals surface area (Å²) in [5, 5.41) is 4.90. The summed E-state index contributed by atoms with van der Waals surface area (Å²) in [6, 6.07) is 7.94. The van der Waals surface area contributed by atoms with E-state index in [0.29, 0.717) is 18.7 Å². The van der Waals surface area contributed by atoms with Crippen molar-refractivity contribution < 1.29 is 9.53 Å². The van der Waals surface area contributed by atoms with Gasteiger partial charge < -0.3 is 10.1 Å². The highest BCUT2D eigenvalue weighted by atomic mass is 16.5. The van der Waals surface area contributed by atoms with Crippen LogP contribution in [-0.4, -0.2) is 29.7 Å². The molecule has 0 aliphatic carbocycles. The predicted molar refractivity (Wildman–Crippen MR) is 84.4 cm³/mol. The van der Waals surface area contributed by atoms with E-state index in [1.807, 2.05) is 36.2 Å². The van der Waals surface area contributed by atoms with Gasteiger partial charge in [0.15, 0.2) is 0 Å². The second kappa shape index (κ2) is 7.31. The normalized spacial score (nSPS) is 22.6. The van der Waals surface area contributed by atoms with Crippen LogP contribution >= 0.6 is 0 Å². The van der Waals surface area contributed by atoms with Crippen molar-refractivity contribution in [3.05, 3.63) is 24.3 Å². The molecule has 2 atom stereocenters. The Bertz CT molecular complexity index is 451. The molecular formula is C16H25N3O2. The zero-order chi connectivity index (χ0) is 15.2. The number of anilines is 1. The average molecular weight is 291 g/mol. The molecule has 0 aromatic heterocycles. The first-order chi connectivity index (χ1) is 10.1. The maximum Gasteiger partial charge on any atom is 0.333 e. The van der Waals surface area contributed by atoms with Gasteiger partial charge in [-0.15, -0.1) is 0 Å². The summed E-state index contributed by atoms with van der Waals surface area (Å²) in [5.74, 6) is 0.807. The number of amides is 2. The first kappa shape index (κ1) is 15.6. The predicted octanol–water partition coefficient (Wildman–Crippen LogP) is 3.38. The molecule has 0 saturated carbocycles. The van der Waals surface area contributed by atoms with E-state index in [4.69, 9.17) is 4.74 Å². The fraction of sp³-hybridized carbons (Fsp3) is 0.562. The highest BCUT2D eigenvalue weighted by molar-refractivity contribution is 5.88. The molecule has 1 aliphatic heterocycles. The van der Waals surface area contributed by atoms with Crippen LogP contribution in [0.4, 0.5) is 10.5 Å². The minimum absolute atomic E-state index is 0.195. The first-order valence-electron chi connectivity index (χ1n) is 7.69. The smallest absolute Gasteiger partial charge is 0.333 e. The Kier molecular flexibility index (Phi) is 5.44. The van der Waals surface area contributed by atoms with Crippen LogP contribution in [0.15, 0.2) is 24.3 Å². The number of hydrazine groups is 1. The van der Waals surface area contributed by atoms with Gasteiger partial charge in [-0.05, 0) is 57.9 Å². The summed E-state index contributed by atoms with van der Waals surface area (Å²) in [6.45, 7) is 6.87. The van der Waals surface area contributed by atoms with Gasteiger partial charge in [0.2, 0.25) is 0 Å². The molecule has 1 aromatic rings. The van der Waals surface area contributed by atoms with E-state index >= 15 is 0 Å². The number of rotatable bonds is 4. The van der Waals surface area contributed by atoms with Gasteiger partial charge in [0.25, 0.3) is 0 Å². The third-order valence-corrected chi connectivity index (χ3v) is 3.85. The molecule has 5 heteroatoms. The van der Waals surface area contributed by atoms with Gasteiger partial charge in [0, 0.05) is 17.8 Å². The maximum absolute atomic E-state index is 12.1. The quantitative estimate of drug-likeness (QED) is 0.894. The van der Waals surface area contributed by atoms with Gasteiger partial charge in [-0.1, -0.05) is 6.42 Å². The topological polar surface area (TPSA) is 53.6 Å². The Balaban J connectivity index is 1.88. The summed E-state index contributed by atoms with van der Waals surface area (Å²) in [7, 11) is 0. The molecule has 0 radical (unpaired) electrons. The Morgan fingerprint density at radius 2 is 1.86 bits per heavy atom. The highest BCUT2D eigenvalue weighted by Crippen LogP contribution is 2.20. The number of benzene rings is 1. The summed E-state index contributed by atoms with van der Waals surface area (Å²) in [6.07, 6.45) is 3.46. The van der Waals surface area contributed by atoms with Gasteiger partial charge >= 0.3 is 6.03 Å². The lowest BCUT2D eigenvalue weighted by atomic mass is 10.00. The van der Waals surface area contributed by atoms with E-state index in [9.17, 15) is 4.79 Å². The third-order valence-electron chi connectivity index (χ3n) is 3.85. The maximum atomic E-state index is 12.1. The number of nitrogens with zero attached hydrogens (tertiary/aromatic N) is 1. The molecule has 2 N–H and O–H groups in total. The van der Waals surface area contributed by atoms with Crippen molar-refractivity contribution in [2.24, 2.45) is 0 Å². The van der Waals surface area contributed by atoms with Crippen LogP contribution in [0.25, 0.3) is 0 Å². The lowest BCUT2D eigenvalue weighted by molar-refractivity contribution is 0.0625. The molecule has 0 unspecified atom stereocenters. The summed E-state index contributed by atoms with van der Waals surface area (Å²) >= 11 is 0. The Labute approximate surface area is 126 Å². The monoisotopic (exact) mass is 291 g/mol. The summed E-state index contributed by atoms with van der Waals surface area (Å²) < 4.78 is 5.38. The second-order valence-electron chi connectivity index (χ2n) is 5.56. The SMILES string of the molecule is CCOc1ccc(NC(=O)NN2[C@H](C)CCC[C@@H]2C)cc1. The number of carbonyl (C=O) groups excluding carboxylic acids is 1. The summed E-state index contributed by atoms with van der Waals surface area (Å²) in [4.78, 5) is 12.1. The molecule has 1 aliphatic rings. The standard InChI is InChI=1S/C16H25N3O2/c1-4-21-15-10-8-14(9-11-15)17-16(20)18-19-12(2)6-5-7-13(19)3/h8-13H,4-7H2,1-3H3,(H2,17,18,20)/t12-,13+. The highest BCUT2D eigenvalue weighted by Gasteiger charge is 2.25. The molecule has 5 nitrogen and oxygen atoms in total. The van der Waals surface area contributed by atoms with Crippen LogP contribution in [0.5, 0.6) is 5.75 Å². The van der Waals surface area contributed by atoms with Crippen molar-refractivity contribution in [1.29, 1.82) is 0 Å². The minimum Gasteiger partial charge on any atom is -0.494 e. The van der Waals surface area contributed by atoms with Crippen LogP contribution in [0, 0.1) is 0 Å². The molecule has 116 valence electrons. The van der Waals surface area contributed by atoms with Crippen molar-refractivity contribution in [1.82, 2.24) is 10.4 Å². The van der Waals surface area contributed by atoms with Crippen LogP contribution in [0.2, 0.25) is 0 Å². The third kappa shape index (κ3) is 4.36. The Hall–Kier alpha value is -1.75. The second-order valence-corrected chi connectivity index (χ2v) is 5.56. The van der Waals surface area contributed by atoms with Crippen LogP contribution in [0.1, 0.15) is 40.0 Å². The Morgan fingerprint density at radius 3 is 2.43 bits per heavy atom. The fourth-order valence-electron chi connectivity index (χ4n) is 2.72. The molecule has 1 aromatic carbocycles. The van der Waals surface area contributed by atoms with Crippen LogP contribution in [-0.2, 0) is 0 Å². The van der Waals surface area contributed by atoms with Gasteiger partial charge in [-0.3, -0.25) is 5.43 Å². The van der Waals surface area contributed by atoms with Crippen molar-refractivity contribution >= 4 is 11.7 Å². The van der Waals surface area contributed by atoms with E-state index < -0.39 is 0 Å². The molecule has 0 spiro atoms. The van der Waals surface area contributed by atoms with Crippen molar-refractivity contribution in [3.63, 3.8) is 0 Å². The number of nitrogens with one attached hydrogen (secondary N) is 2. The number of urea groups is 1. The van der Waals surface area contributed by atoms with Gasteiger partial charge in [0.1, 0.15) is 5.75 Å². The average Bonchev–Trinajstić information content (AvgIpc) is 2.45. The molecule has 2 rings (SSSR count). The Morgan fingerprint density at radius 1 is 1.24 bits per heavy atom. The first-order valence-corrected chi connectivity index (χ1v) is 7.69. The van der Waals surface area contributed by atoms with Crippen molar-refractivity contribution in [2.45, 2.75) is 52.1 Å². The van der Waals surface area contributed by atoms with Crippen LogP contribution < -0.4 is 15.5 Å². The molecule has 2 amide bonds. The zero-order valence-corrected chi connectivity index (χ0v) is 13.1. The molecule has 0 bridgehead atoms. The van der Waals surface area contributed by atoms with Crippen LogP contribution in [0.3, 0.4) is 0 Å². The van der Waals surface area contributed by atoms with E-state index in [0.717, 1.165) is 24.3 Å². The largest absolute Gasteiger partial charge is 0.494 e. The number of piperidine rings is 1. The lowest BCUT2D eigenvalue weighted by Crippen LogP contribution is -2.55. The number of hydrogen-bond acceptors (Lipinski definition) is 3. The fourth-order valence-corrected chi connectivity index (χ4v) is 2.72. The van der Waals surface area contributed by atoms with E-state index in [1.165, 1.54) is 6.42 Å². The van der Waals surface area contributed by atoms with Crippen molar-refractivity contribution in [3.8, 4) is 5.75 Å². The molecular weight excluding hydrogens is 266 g/mol. The molecule has 1 heterocycles. The number of ether oxygens (including phenoxy) is 1.